The minimum Gasteiger partial charge on any atom is -0.464 e. The third-order valence-corrected chi connectivity index (χ3v) is 2.53. The number of hydrogen-bond acceptors (Lipinski definition) is 3. The molecule has 0 N–H and O–H groups in total. The minimum atomic E-state index is -0.307. The van der Waals surface area contributed by atoms with Crippen LogP contribution < -0.4 is 0 Å². The van der Waals surface area contributed by atoms with Crippen LogP contribution in [-0.4, -0.2) is 23.1 Å². The van der Waals surface area contributed by atoms with Gasteiger partial charge in [0.2, 0.25) is 0 Å². The summed E-state index contributed by atoms with van der Waals surface area (Å²) >= 11 is 1.65. The summed E-state index contributed by atoms with van der Waals surface area (Å²) in [5.74, 6) is 0.845. The molecular formula is C6H10O2S. The first-order valence-electron chi connectivity index (χ1n) is 2.94. The molecule has 0 saturated carbocycles. The van der Waals surface area contributed by atoms with Crippen molar-refractivity contribution in [1.82, 2.24) is 0 Å². The Morgan fingerprint density at radius 2 is 2.33 bits per heavy atom. The van der Waals surface area contributed by atoms with E-state index in [1.54, 1.807) is 11.8 Å². The average Bonchev–Trinajstić information content (AvgIpc) is 1.77. The summed E-state index contributed by atoms with van der Waals surface area (Å²) in [5, 5.41) is 0. The predicted octanol–water partition coefficient (Wildman–Crippen LogP) is 1.05. The highest BCUT2D eigenvalue weighted by atomic mass is 32.2. The Hall–Kier alpha value is -0.180. The predicted molar refractivity (Wildman–Crippen MR) is 37.5 cm³/mol. The highest BCUT2D eigenvalue weighted by molar-refractivity contribution is 8.01. The lowest BCUT2D eigenvalue weighted by Gasteiger charge is -2.26. The van der Waals surface area contributed by atoms with E-state index in [-0.39, 0.29) is 10.7 Å². The smallest absolute Gasteiger partial charge is 0.321 e. The molecule has 1 heterocycles. The lowest BCUT2D eigenvalue weighted by Crippen LogP contribution is -2.35. The van der Waals surface area contributed by atoms with E-state index in [0.29, 0.717) is 6.61 Å². The molecule has 1 aliphatic heterocycles. The van der Waals surface area contributed by atoms with E-state index in [4.69, 9.17) is 4.74 Å². The fraction of sp³-hybridized carbons (Fsp3) is 0.833. The number of cyclic esters (lactones) is 1. The molecule has 0 radical (unpaired) electrons. The van der Waals surface area contributed by atoms with Crippen LogP contribution in [0.3, 0.4) is 0 Å². The normalized spacial score (nSPS) is 25.3. The van der Waals surface area contributed by atoms with Gasteiger partial charge in [-0.2, -0.15) is 0 Å². The first kappa shape index (κ1) is 6.93. The standard InChI is InChI=1S/C6H10O2S/c1-6(2)5(7)8-3-4-9-6/h3-4H2,1-2H3. The Morgan fingerprint density at radius 3 is 2.67 bits per heavy atom. The van der Waals surface area contributed by atoms with Gasteiger partial charge in [-0.3, -0.25) is 4.79 Å². The van der Waals surface area contributed by atoms with E-state index in [1.165, 1.54) is 0 Å². The van der Waals surface area contributed by atoms with Crippen molar-refractivity contribution in [2.75, 3.05) is 12.4 Å². The maximum Gasteiger partial charge on any atom is 0.321 e. The third-order valence-electron chi connectivity index (χ3n) is 1.27. The number of carbonyl (C=O) groups is 1. The molecule has 2 nitrogen and oxygen atoms in total. The molecule has 1 aliphatic rings. The SMILES string of the molecule is CC1(C)SCCOC1=O. The van der Waals surface area contributed by atoms with E-state index in [2.05, 4.69) is 0 Å². The summed E-state index contributed by atoms with van der Waals surface area (Å²) in [7, 11) is 0. The second-order valence-electron chi connectivity index (χ2n) is 2.49. The average molecular weight is 146 g/mol. The van der Waals surface area contributed by atoms with Crippen molar-refractivity contribution in [3.05, 3.63) is 0 Å². The molecule has 0 atom stereocenters. The summed E-state index contributed by atoms with van der Waals surface area (Å²) < 4.78 is 4.53. The zero-order valence-corrected chi connectivity index (χ0v) is 6.46. The lowest BCUT2D eigenvalue weighted by atomic mass is 10.2. The number of ether oxygens (including phenoxy) is 1. The van der Waals surface area contributed by atoms with Gasteiger partial charge in [0.05, 0.1) is 0 Å². The first-order chi connectivity index (χ1) is 4.13. The van der Waals surface area contributed by atoms with Crippen LogP contribution in [0.1, 0.15) is 13.8 Å². The molecule has 0 aromatic rings. The number of rotatable bonds is 0. The largest absolute Gasteiger partial charge is 0.464 e. The zero-order chi connectivity index (χ0) is 6.91. The van der Waals surface area contributed by atoms with Gasteiger partial charge in [0.15, 0.2) is 0 Å². The quantitative estimate of drug-likeness (QED) is 0.478. The molecular weight excluding hydrogens is 136 g/mol. The monoisotopic (exact) mass is 146 g/mol. The van der Waals surface area contributed by atoms with Crippen molar-refractivity contribution in [2.24, 2.45) is 0 Å². The van der Waals surface area contributed by atoms with E-state index in [9.17, 15) is 4.79 Å². The number of esters is 1. The summed E-state index contributed by atoms with van der Waals surface area (Å²) in [6, 6.07) is 0. The van der Waals surface area contributed by atoms with E-state index in [0.717, 1.165) is 5.75 Å². The van der Waals surface area contributed by atoms with Crippen molar-refractivity contribution in [3.8, 4) is 0 Å². The number of carbonyl (C=O) groups excluding carboxylic acids is 1. The zero-order valence-electron chi connectivity index (χ0n) is 5.64. The Balaban J connectivity index is 2.60. The van der Waals surface area contributed by atoms with Gasteiger partial charge >= 0.3 is 5.97 Å². The molecule has 0 bridgehead atoms. The second kappa shape index (κ2) is 2.21. The van der Waals surface area contributed by atoms with E-state index >= 15 is 0 Å². The molecule has 1 fully saturated rings. The maximum atomic E-state index is 10.9. The highest BCUT2D eigenvalue weighted by Gasteiger charge is 2.32. The van der Waals surface area contributed by atoms with Crippen LogP contribution in [0, 0.1) is 0 Å². The highest BCUT2D eigenvalue weighted by Crippen LogP contribution is 2.28. The Kier molecular flexibility index (Phi) is 1.70. The van der Waals surface area contributed by atoms with Crippen LogP contribution in [0.2, 0.25) is 0 Å². The molecule has 9 heavy (non-hydrogen) atoms. The maximum absolute atomic E-state index is 10.9. The number of hydrogen-bond donors (Lipinski definition) is 0. The van der Waals surface area contributed by atoms with E-state index < -0.39 is 0 Å². The molecule has 0 unspecified atom stereocenters. The minimum absolute atomic E-state index is 0.0845. The van der Waals surface area contributed by atoms with Crippen LogP contribution in [0.25, 0.3) is 0 Å². The molecule has 0 amide bonds. The van der Waals surface area contributed by atoms with Crippen molar-refractivity contribution in [3.63, 3.8) is 0 Å². The Morgan fingerprint density at radius 1 is 1.67 bits per heavy atom. The van der Waals surface area contributed by atoms with Gasteiger partial charge < -0.3 is 4.74 Å². The summed E-state index contributed by atoms with van der Waals surface area (Å²) in [4.78, 5) is 10.9. The summed E-state index contributed by atoms with van der Waals surface area (Å²) in [6.45, 7) is 4.35. The molecule has 0 aromatic heterocycles. The topological polar surface area (TPSA) is 26.3 Å². The van der Waals surface area contributed by atoms with Gasteiger partial charge in [0.1, 0.15) is 11.4 Å². The molecule has 0 aliphatic carbocycles. The van der Waals surface area contributed by atoms with Crippen LogP contribution in [-0.2, 0) is 9.53 Å². The van der Waals surface area contributed by atoms with Crippen molar-refractivity contribution >= 4 is 17.7 Å². The molecule has 0 spiro atoms. The molecule has 1 saturated heterocycles. The van der Waals surface area contributed by atoms with Gasteiger partial charge in [-0.05, 0) is 13.8 Å². The van der Waals surface area contributed by atoms with Crippen LogP contribution >= 0.6 is 11.8 Å². The van der Waals surface area contributed by atoms with Gasteiger partial charge in [0, 0.05) is 5.75 Å². The second-order valence-corrected chi connectivity index (χ2v) is 4.21. The van der Waals surface area contributed by atoms with Gasteiger partial charge in [-0.25, -0.2) is 0 Å². The van der Waals surface area contributed by atoms with Gasteiger partial charge in [-0.15, -0.1) is 11.8 Å². The summed E-state index contributed by atoms with van der Waals surface area (Å²) in [5.41, 5.74) is 0. The summed E-state index contributed by atoms with van der Waals surface area (Å²) in [6.07, 6.45) is 0. The molecule has 1 rings (SSSR count). The van der Waals surface area contributed by atoms with Crippen molar-refractivity contribution in [1.29, 1.82) is 0 Å². The van der Waals surface area contributed by atoms with Crippen LogP contribution in [0.4, 0.5) is 0 Å². The van der Waals surface area contributed by atoms with Gasteiger partial charge in [0.25, 0.3) is 0 Å². The van der Waals surface area contributed by atoms with E-state index in [1.807, 2.05) is 13.8 Å². The lowest BCUT2D eigenvalue weighted by molar-refractivity contribution is -0.145. The van der Waals surface area contributed by atoms with Crippen molar-refractivity contribution < 1.29 is 9.53 Å². The number of thioether (sulfide) groups is 1. The van der Waals surface area contributed by atoms with Crippen LogP contribution in [0.15, 0.2) is 0 Å². The fourth-order valence-corrected chi connectivity index (χ4v) is 1.52. The molecule has 3 heteroatoms. The van der Waals surface area contributed by atoms with Crippen molar-refractivity contribution in [2.45, 2.75) is 18.6 Å². The van der Waals surface area contributed by atoms with Gasteiger partial charge in [-0.1, -0.05) is 0 Å². The third kappa shape index (κ3) is 1.39. The first-order valence-corrected chi connectivity index (χ1v) is 3.93. The Labute approximate surface area is 59.0 Å². The molecule has 0 aromatic carbocycles. The fourth-order valence-electron chi connectivity index (χ4n) is 0.664. The Bertz CT molecular complexity index is 131. The molecule has 52 valence electrons. The van der Waals surface area contributed by atoms with Crippen LogP contribution in [0.5, 0.6) is 0 Å².